The Labute approximate surface area is 102 Å². The highest BCUT2D eigenvalue weighted by Crippen LogP contribution is 2.15. The van der Waals surface area contributed by atoms with Gasteiger partial charge in [0, 0.05) is 6.20 Å². The van der Waals surface area contributed by atoms with Crippen LogP contribution in [0.15, 0.2) is 46.5 Å². The Morgan fingerprint density at radius 2 is 2.22 bits per heavy atom. The molecule has 0 saturated carbocycles. The summed E-state index contributed by atoms with van der Waals surface area (Å²) in [5.41, 5.74) is 0.891. The normalized spacial score (nSPS) is 10.7. The average molecular weight is 243 g/mol. The monoisotopic (exact) mass is 243 g/mol. The lowest BCUT2D eigenvalue weighted by molar-refractivity contribution is -0.402. The zero-order valence-electron chi connectivity index (χ0n) is 9.31. The Morgan fingerprint density at radius 3 is 2.78 bits per heavy atom. The number of hydrogen-bond acceptors (Lipinski definition) is 5. The summed E-state index contributed by atoms with van der Waals surface area (Å²) in [5.74, 6) is 0.474. The second-order valence-corrected chi connectivity index (χ2v) is 3.35. The van der Waals surface area contributed by atoms with E-state index in [2.05, 4.69) is 16.6 Å². The molecular weight excluding hydrogens is 234 g/mol. The lowest BCUT2D eigenvalue weighted by atomic mass is 10.3. The van der Waals surface area contributed by atoms with Crippen LogP contribution in [0, 0.1) is 10.1 Å². The topological polar surface area (TPSA) is 81.5 Å². The molecule has 0 spiro atoms. The van der Waals surface area contributed by atoms with Crippen molar-refractivity contribution in [3.63, 3.8) is 0 Å². The van der Waals surface area contributed by atoms with E-state index in [4.69, 9.17) is 4.42 Å². The van der Waals surface area contributed by atoms with Crippen molar-refractivity contribution < 1.29 is 9.34 Å². The van der Waals surface area contributed by atoms with E-state index in [0.29, 0.717) is 11.6 Å². The van der Waals surface area contributed by atoms with Gasteiger partial charge in [0.05, 0.1) is 12.3 Å². The van der Waals surface area contributed by atoms with Crippen molar-refractivity contribution in [3.05, 3.63) is 58.5 Å². The smallest absolute Gasteiger partial charge is 0.400 e. The van der Waals surface area contributed by atoms with Gasteiger partial charge in [0.2, 0.25) is 0 Å². The van der Waals surface area contributed by atoms with E-state index in [0.717, 1.165) is 5.56 Å². The van der Waals surface area contributed by atoms with Crippen LogP contribution in [0.1, 0.15) is 11.3 Å². The van der Waals surface area contributed by atoms with E-state index in [9.17, 15) is 10.1 Å². The third kappa shape index (κ3) is 2.67. The standard InChI is InChI=1S/C12H9N3O3/c1-2-9-3-5-11(13-7-9)14-8-10-4-6-12(18-10)15(16)17/h2-8H,1H2. The molecule has 18 heavy (non-hydrogen) atoms. The second kappa shape index (κ2) is 5.05. The fourth-order valence-corrected chi connectivity index (χ4v) is 1.23. The zero-order chi connectivity index (χ0) is 13.0. The highest BCUT2D eigenvalue weighted by Gasteiger charge is 2.10. The van der Waals surface area contributed by atoms with E-state index in [1.54, 1.807) is 18.3 Å². The average Bonchev–Trinajstić information content (AvgIpc) is 2.86. The molecule has 0 aliphatic carbocycles. The fourth-order valence-electron chi connectivity index (χ4n) is 1.23. The van der Waals surface area contributed by atoms with Gasteiger partial charge in [-0.05, 0) is 23.8 Å². The number of nitro groups is 1. The first-order valence-electron chi connectivity index (χ1n) is 5.06. The van der Waals surface area contributed by atoms with Gasteiger partial charge in [-0.2, -0.15) is 0 Å². The quantitative estimate of drug-likeness (QED) is 0.469. The minimum Gasteiger partial charge on any atom is -0.400 e. The van der Waals surface area contributed by atoms with Crippen LogP contribution in [0.4, 0.5) is 11.7 Å². The number of aromatic nitrogens is 1. The van der Waals surface area contributed by atoms with Crippen molar-refractivity contribution >= 4 is 24.0 Å². The predicted octanol–water partition coefficient (Wildman–Crippen LogP) is 2.98. The molecule has 6 heteroatoms. The van der Waals surface area contributed by atoms with E-state index in [1.165, 1.54) is 18.3 Å². The lowest BCUT2D eigenvalue weighted by Gasteiger charge is -1.93. The van der Waals surface area contributed by atoms with Crippen LogP contribution in [-0.2, 0) is 0 Å². The third-order valence-electron chi connectivity index (χ3n) is 2.12. The Balaban J connectivity index is 2.13. The van der Waals surface area contributed by atoms with Gasteiger partial charge >= 0.3 is 5.88 Å². The van der Waals surface area contributed by atoms with E-state index < -0.39 is 4.92 Å². The van der Waals surface area contributed by atoms with Crippen LogP contribution in [-0.4, -0.2) is 16.1 Å². The first-order valence-corrected chi connectivity index (χ1v) is 5.06. The number of pyridine rings is 1. The van der Waals surface area contributed by atoms with Gasteiger partial charge in [0.25, 0.3) is 0 Å². The number of aliphatic imine (C=N–C) groups is 1. The summed E-state index contributed by atoms with van der Waals surface area (Å²) in [6, 6.07) is 6.28. The van der Waals surface area contributed by atoms with Crippen molar-refractivity contribution in [1.29, 1.82) is 0 Å². The van der Waals surface area contributed by atoms with Crippen molar-refractivity contribution in [2.45, 2.75) is 0 Å². The fraction of sp³-hybridized carbons (Fsp3) is 0. The maximum atomic E-state index is 10.4. The van der Waals surface area contributed by atoms with Crippen LogP contribution in [0.5, 0.6) is 0 Å². The van der Waals surface area contributed by atoms with Gasteiger partial charge in [-0.3, -0.25) is 10.1 Å². The summed E-state index contributed by atoms with van der Waals surface area (Å²) >= 11 is 0. The summed E-state index contributed by atoms with van der Waals surface area (Å²) < 4.78 is 4.92. The molecule has 0 saturated heterocycles. The van der Waals surface area contributed by atoms with E-state index in [-0.39, 0.29) is 5.88 Å². The van der Waals surface area contributed by atoms with Crippen LogP contribution in [0.3, 0.4) is 0 Å². The van der Waals surface area contributed by atoms with E-state index in [1.807, 2.05) is 6.07 Å². The Morgan fingerprint density at radius 1 is 1.39 bits per heavy atom. The number of furan rings is 1. The molecule has 6 nitrogen and oxygen atoms in total. The van der Waals surface area contributed by atoms with Gasteiger partial charge in [0.1, 0.15) is 4.92 Å². The molecule has 2 aromatic rings. The Kier molecular flexibility index (Phi) is 3.29. The molecule has 2 rings (SSSR count). The van der Waals surface area contributed by atoms with E-state index >= 15 is 0 Å². The van der Waals surface area contributed by atoms with Crippen molar-refractivity contribution in [2.24, 2.45) is 4.99 Å². The van der Waals surface area contributed by atoms with Crippen LogP contribution < -0.4 is 0 Å². The third-order valence-corrected chi connectivity index (χ3v) is 2.12. The molecule has 0 atom stereocenters. The summed E-state index contributed by atoms with van der Waals surface area (Å²) in [6.07, 6.45) is 4.68. The Bertz CT molecular complexity index is 599. The minimum atomic E-state index is -0.603. The molecule has 0 fully saturated rings. The highest BCUT2D eigenvalue weighted by molar-refractivity contribution is 5.78. The first-order chi connectivity index (χ1) is 8.69. The number of rotatable bonds is 4. The lowest BCUT2D eigenvalue weighted by Crippen LogP contribution is -1.83. The molecular formula is C12H9N3O3. The molecule has 0 amide bonds. The van der Waals surface area contributed by atoms with Crippen LogP contribution in [0.2, 0.25) is 0 Å². The molecule has 0 aliphatic rings. The molecule has 0 aromatic carbocycles. The molecule has 2 heterocycles. The number of hydrogen-bond donors (Lipinski definition) is 0. The van der Waals surface area contributed by atoms with Crippen molar-refractivity contribution in [1.82, 2.24) is 4.98 Å². The van der Waals surface area contributed by atoms with Gasteiger partial charge in [0.15, 0.2) is 11.6 Å². The second-order valence-electron chi connectivity index (χ2n) is 3.35. The SMILES string of the molecule is C=Cc1ccc(N=Cc2ccc([N+](=O)[O-])o2)nc1. The zero-order valence-corrected chi connectivity index (χ0v) is 9.31. The Hall–Kier alpha value is -2.76. The van der Waals surface area contributed by atoms with Crippen molar-refractivity contribution in [2.75, 3.05) is 0 Å². The van der Waals surface area contributed by atoms with Crippen molar-refractivity contribution in [3.8, 4) is 0 Å². The minimum absolute atomic E-state index is 0.302. The first kappa shape index (κ1) is 11.7. The van der Waals surface area contributed by atoms with Gasteiger partial charge in [-0.15, -0.1) is 0 Å². The maximum Gasteiger partial charge on any atom is 0.433 e. The largest absolute Gasteiger partial charge is 0.433 e. The molecule has 0 radical (unpaired) electrons. The van der Waals surface area contributed by atoms with Gasteiger partial charge in [-0.25, -0.2) is 9.98 Å². The predicted molar refractivity (Wildman–Crippen MR) is 66.9 cm³/mol. The van der Waals surface area contributed by atoms with Gasteiger partial charge < -0.3 is 4.42 Å². The molecule has 0 aliphatic heterocycles. The molecule has 0 unspecified atom stereocenters. The molecule has 90 valence electrons. The summed E-state index contributed by atoms with van der Waals surface area (Å²) in [4.78, 5) is 17.9. The molecule has 0 N–H and O–H groups in total. The number of nitrogens with zero attached hydrogens (tertiary/aromatic N) is 3. The summed E-state index contributed by atoms with van der Waals surface area (Å²) in [7, 11) is 0. The maximum absolute atomic E-state index is 10.4. The van der Waals surface area contributed by atoms with Crippen LogP contribution >= 0.6 is 0 Å². The van der Waals surface area contributed by atoms with Gasteiger partial charge in [-0.1, -0.05) is 12.7 Å². The summed E-state index contributed by atoms with van der Waals surface area (Å²) in [5, 5.41) is 10.4. The molecule has 2 aromatic heterocycles. The highest BCUT2D eigenvalue weighted by atomic mass is 16.6. The molecule has 0 bridgehead atoms. The summed E-state index contributed by atoms with van der Waals surface area (Å²) in [6.45, 7) is 3.62. The van der Waals surface area contributed by atoms with Crippen LogP contribution in [0.25, 0.3) is 6.08 Å².